The molecular weight excluding hydrogens is 382 g/mol. The van der Waals surface area contributed by atoms with E-state index in [1.165, 1.54) is 19.3 Å². The van der Waals surface area contributed by atoms with Crippen molar-refractivity contribution in [2.45, 2.75) is 66.2 Å². The maximum atomic E-state index is 13.3. The summed E-state index contributed by atoms with van der Waals surface area (Å²) in [7, 11) is 0. The number of carbonyl (C=O) groups is 1. The second-order valence-electron chi connectivity index (χ2n) is 10.7. The number of allylic oxidation sites excluding steroid dienone is 4. The van der Waals surface area contributed by atoms with Crippen molar-refractivity contribution in [2.24, 2.45) is 28.6 Å². The molecule has 0 aromatic heterocycles. The number of fused-ring (bicyclic) bond motifs is 3. The summed E-state index contributed by atoms with van der Waals surface area (Å²) < 4.78 is 5.85. The molecule has 168 valence electrons. The van der Waals surface area contributed by atoms with Crippen LogP contribution in [0.25, 0.3) is 0 Å². The van der Waals surface area contributed by atoms with Gasteiger partial charge in [-0.1, -0.05) is 63.1 Å². The van der Waals surface area contributed by atoms with E-state index in [1.54, 1.807) is 11.1 Å². The standard InChI is InChI=1S/C28H39NO2/c1-20(2)21-11-13-24-22(19-21)12-14-25-27(24,3)15-8-16-28(25,4)26(30)31-18-17-29-23-9-6-5-7-10-23/h5-7,9-10,12,19-20,24-25,29H,8,11,13-18H2,1-4H3/t24-,25+,27+,28+/m0/s1. The van der Waals surface area contributed by atoms with Crippen LogP contribution in [0.3, 0.4) is 0 Å². The summed E-state index contributed by atoms with van der Waals surface area (Å²) >= 11 is 0. The number of hydrogen-bond donors (Lipinski definition) is 1. The molecule has 3 aliphatic rings. The Balaban J connectivity index is 1.45. The van der Waals surface area contributed by atoms with Crippen molar-refractivity contribution in [2.75, 3.05) is 18.5 Å². The van der Waals surface area contributed by atoms with Crippen LogP contribution in [0.4, 0.5) is 5.69 Å². The van der Waals surface area contributed by atoms with E-state index >= 15 is 0 Å². The summed E-state index contributed by atoms with van der Waals surface area (Å²) in [6, 6.07) is 10.1. The summed E-state index contributed by atoms with van der Waals surface area (Å²) in [5.74, 6) is 1.58. The summed E-state index contributed by atoms with van der Waals surface area (Å²) in [6.07, 6.45) is 11.7. The van der Waals surface area contributed by atoms with Gasteiger partial charge in [0, 0.05) is 12.2 Å². The van der Waals surface area contributed by atoms with Crippen molar-refractivity contribution < 1.29 is 9.53 Å². The molecule has 31 heavy (non-hydrogen) atoms. The van der Waals surface area contributed by atoms with Crippen molar-refractivity contribution in [1.82, 2.24) is 0 Å². The number of carbonyl (C=O) groups excluding carboxylic acids is 1. The van der Waals surface area contributed by atoms with E-state index in [0.29, 0.717) is 30.9 Å². The topological polar surface area (TPSA) is 38.3 Å². The SMILES string of the molecule is CC(C)C1=CC2=CC[C@@H]3[C@](C)(CCC[C@@]3(C)C(=O)OCCNc3ccccc3)[C@H]2CC1. The number of rotatable bonds is 6. The Morgan fingerprint density at radius 3 is 2.71 bits per heavy atom. The molecule has 0 spiro atoms. The molecule has 3 aliphatic carbocycles. The van der Waals surface area contributed by atoms with Gasteiger partial charge in [0.1, 0.15) is 6.61 Å². The zero-order chi connectivity index (χ0) is 22.1. The summed E-state index contributed by atoms with van der Waals surface area (Å²) in [4.78, 5) is 13.3. The highest BCUT2D eigenvalue weighted by Gasteiger charge is 2.57. The fraction of sp³-hybridized carbons (Fsp3) is 0.607. The number of anilines is 1. The minimum atomic E-state index is -0.385. The van der Waals surface area contributed by atoms with Crippen molar-refractivity contribution in [3.8, 4) is 0 Å². The molecule has 3 nitrogen and oxygen atoms in total. The van der Waals surface area contributed by atoms with Crippen LogP contribution in [0.15, 0.2) is 53.6 Å². The largest absolute Gasteiger partial charge is 0.463 e. The maximum absolute atomic E-state index is 13.3. The van der Waals surface area contributed by atoms with Gasteiger partial charge in [0.25, 0.3) is 0 Å². The van der Waals surface area contributed by atoms with Gasteiger partial charge in [-0.25, -0.2) is 0 Å². The number of esters is 1. The van der Waals surface area contributed by atoms with E-state index in [4.69, 9.17) is 4.74 Å². The normalized spacial score (nSPS) is 32.4. The first-order valence-corrected chi connectivity index (χ1v) is 12.2. The highest BCUT2D eigenvalue weighted by atomic mass is 16.5. The van der Waals surface area contributed by atoms with Crippen molar-refractivity contribution in [3.63, 3.8) is 0 Å². The summed E-state index contributed by atoms with van der Waals surface area (Å²) in [5, 5.41) is 3.34. The number of para-hydroxylation sites is 1. The van der Waals surface area contributed by atoms with E-state index in [2.05, 4.69) is 45.2 Å². The first-order valence-electron chi connectivity index (χ1n) is 12.2. The van der Waals surface area contributed by atoms with Crippen LogP contribution in [0.5, 0.6) is 0 Å². The van der Waals surface area contributed by atoms with E-state index in [-0.39, 0.29) is 16.8 Å². The molecule has 0 amide bonds. The molecule has 0 aliphatic heterocycles. The highest BCUT2D eigenvalue weighted by Crippen LogP contribution is 2.62. The Hall–Kier alpha value is -2.03. The van der Waals surface area contributed by atoms with Gasteiger partial charge in [0.15, 0.2) is 0 Å². The average Bonchev–Trinajstić information content (AvgIpc) is 2.76. The second-order valence-corrected chi connectivity index (χ2v) is 10.7. The first kappa shape index (κ1) is 22.2. The Labute approximate surface area is 188 Å². The quantitative estimate of drug-likeness (QED) is 0.406. The van der Waals surface area contributed by atoms with Crippen LogP contribution in [0.1, 0.15) is 66.2 Å². The number of hydrogen-bond acceptors (Lipinski definition) is 3. The molecule has 1 N–H and O–H groups in total. The molecule has 3 heteroatoms. The second kappa shape index (κ2) is 8.84. The molecule has 0 saturated heterocycles. The first-order chi connectivity index (χ1) is 14.8. The fourth-order valence-electron chi connectivity index (χ4n) is 6.65. The van der Waals surface area contributed by atoms with Crippen molar-refractivity contribution >= 4 is 11.7 Å². The molecule has 1 fully saturated rings. The lowest BCUT2D eigenvalue weighted by atomic mass is 9.47. The highest BCUT2D eigenvalue weighted by molar-refractivity contribution is 5.77. The van der Waals surface area contributed by atoms with Crippen LogP contribution >= 0.6 is 0 Å². The third-order valence-corrected chi connectivity index (χ3v) is 8.48. The van der Waals surface area contributed by atoms with Gasteiger partial charge < -0.3 is 10.1 Å². The van der Waals surface area contributed by atoms with E-state index in [0.717, 1.165) is 24.9 Å². The van der Waals surface area contributed by atoms with Crippen LogP contribution < -0.4 is 5.32 Å². The van der Waals surface area contributed by atoms with E-state index in [1.807, 2.05) is 30.3 Å². The lowest BCUT2D eigenvalue weighted by molar-refractivity contribution is -0.169. The van der Waals surface area contributed by atoms with Crippen LogP contribution in [0.2, 0.25) is 0 Å². The predicted octanol–water partition coefficient (Wildman–Crippen LogP) is 6.78. The zero-order valence-corrected chi connectivity index (χ0v) is 19.7. The van der Waals surface area contributed by atoms with Gasteiger partial charge in [0.2, 0.25) is 0 Å². The van der Waals surface area contributed by atoms with Gasteiger partial charge in [-0.05, 0) is 79.9 Å². The van der Waals surface area contributed by atoms with Gasteiger partial charge in [-0.15, -0.1) is 0 Å². The third kappa shape index (κ3) is 4.21. The fourth-order valence-corrected chi connectivity index (χ4v) is 6.65. The van der Waals surface area contributed by atoms with Crippen LogP contribution in [0, 0.1) is 28.6 Å². The summed E-state index contributed by atoms with van der Waals surface area (Å²) in [5.41, 5.74) is 4.00. The van der Waals surface area contributed by atoms with Gasteiger partial charge >= 0.3 is 5.97 Å². The Bertz CT molecular complexity index is 855. The van der Waals surface area contributed by atoms with Crippen LogP contribution in [-0.4, -0.2) is 19.1 Å². The Kier molecular flexibility index (Phi) is 6.32. The maximum Gasteiger partial charge on any atom is 0.312 e. The number of ether oxygens (including phenoxy) is 1. The van der Waals surface area contributed by atoms with Gasteiger partial charge in [0.05, 0.1) is 5.41 Å². The molecule has 4 atom stereocenters. The average molecular weight is 422 g/mol. The minimum Gasteiger partial charge on any atom is -0.463 e. The molecule has 1 aromatic rings. The van der Waals surface area contributed by atoms with Crippen LogP contribution in [-0.2, 0) is 9.53 Å². The van der Waals surface area contributed by atoms with E-state index < -0.39 is 0 Å². The Morgan fingerprint density at radius 2 is 1.97 bits per heavy atom. The van der Waals surface area contributed by atoms with Crippen molar-refractivity contribution in [3.05, 3.63) is 53.6 Å². The molecule has 0 radical (unpaired) electrons. The molecule has 1 saturated carbocycles. The molecule has 0 unspecified atom stereocenters. The van der Waals surface area contributed by atoms with Crippen molar-refractivity contribution in [1.29, 1.82) is 0 Å². The zero-order valence-electron chi connectivity index (χ0n) is 19.7. The number of benzene rings is 1. The van der Waals surface area contributed by atoms with Gasteiger partial charge in [-0.3, -0.25) is 4.79 Å². The summed E-state index contributed by atoms with van der Waals surface area (Å²) in [6.45, 7) is 10.3. The molecule has 0 bridgehead atoms. The third-order valence-electron chi connectivity index (χ3n) is 8.48. The van der Waals surface area contributed by atoms with E-state index in [9.17, 15) is 4.79 Å². The van der Waals surface area contributed by atoms with Gasteiger partial charge in [-0.2, -0.15) is 0 Å². The number of nitrogens with one attached hydrogen (secondary N) is 1. The minimum absolute atomic E-state index is 0.00403. The monoisotopic (exact) mass is 421 g/mol. The predicted molar refractivity (Wildman–Crippen MR) is 128 cm³/mol. The Morgan fingerprint density at radius 1 is 1.19 bits per heavy atom. The molecule has 1 aromatic carbocycles. The lowest BCUT2D eigenvalue weighted by Crippen LogP contribution is -2.53. The molecule has 4 rings (SSSR count). The molecular formula is C28H39NO2. The molecule has 0 heterocycles. The smallest absolute Gasteiger partial charge is 0.312 e. The lowest BCUT2D eigenvalue weighted by Gasteiger charge is -2.57.